The number of aromatic nitrogens is 2. The molecule has 110 valence electrons. The summed E-state index contributed by atoms with van der Waals surface area (Å²) in [4.78, 5) is 16.6. The van der Waals surface area contributed by atoms with Gasteiger partial charge in [0.05, 0.1) is 0 Å². The van der Waals surface area contributed by atoms with Gasteiger partial charge in [-0.3, -0.25) is 4.79 Å². The van der Waals surface area contributed by atoms with Crippen LogP contribution in [0.25, 0.3) is 0 Å². The molecule has 0 saturated heterocycles. The summed E-state index contributed by atoms with van der Waals surface area (Å²) < 4.78 is 5.24. The maximum atomic E-state index is 12.4. The lowest BCUT2D eigenvalue weighted by atomic mass is 10.1. The molecule has 1 amide bonds. The standard InChI is InChI=1S/C17H15N3O2/c1-12-18-17(22-20-12)15(13-8-4-2-5-9-13)19-16(21)14-10-6-3-7-11-14/h2-11,15H,1H3,(H,19,21). The molecule has 1 aromatic heterocycles. The fourth-order valence-electron chi connectivity index (χ4n) is 2.17. The van der Waals surface area contributed by atoms with Gasteiger partial charge in [0.15, 0.2) is 5.82 Å². The third-order valence-electron chi connectivity index (χ3n) is 3.23. The Labute approximate surface area is 128 Å². The van der Waals surface area contributed by atoms with Crippen LogP contribution in [0.2, 0.25) is 0 Å². The summed E-state index contributed by atoms with van der Waals surface area (Å²) in [6, 6.07) is 18.1. The van der Waals surface area contributed by atoms with Crippen LogP contribution < -0.4 is 5.32 Å². The highest BCUT2D eigenvalue weighted by Gasteiger charge is 2.22. The van der Waals surface area contributed by atoms with E-state index in [1.54, 1.807) is 19.1 Å². The van der Waals surface area contributed by atoms with E-state index in [9.17, 15) is 4.79 Å². The van der Waals surface area contributed by atoms with Crippen LogP contribution in [0.3, 0.4) is 0 Å². The zero-order chi connectivity index (χ0) is 15.4. The molecule has 0 aliphatic carbocycles. The Morgan fingerprint density at radius 1 is 1.05 bits per heavy atom. The molecule has 3 aromatic rings. The summed E-state index contributed by atoms with van der Waals surface area (Å²) in [5.41, 5.74) is 1.47. The van der Waals surface area contributed by atoms with Gasteiger partial charge in [-0.05, 0) is 24.6 Å². The number of amides is 1. The number of rotatable bonds is 4. The van der Waals surface area contributed by atoms with E-state index in [0.29, 0.717) is 17.3 Å². The Kier molecular flexibility index (Phi) is 3.96. The van der Waals surface area contributed by atoms with Crippen molar-refractivity contribution in [3.05, 3.63) is 83.5 Å². The van der Waals surface area contributed by atoms with E-state index < -0.39 is 6.04 Å². The molecule has 1 atom stereocenters. The van der Waals surface area contributed by atoms with Gasteiger partial charge in [0.2, 0.25) is 0 Å². The van der Waals surface area contributed by atoms with E-state index in [1.165, 1.54) is 0 Å². The van der Waals surface area contributed by atoms with E-state index in [-0.39, 0.29) is 5.91 Å². The predicted molar refractivity (Wildman–Crippen MR) is 81.2 cm³/mol. The molecule has 0 radical (unpaired) electrons. The minimum absolute atomic E-state index is 0.190. The summed E-state index contributed by atoms with van der Waals surface area (Å²) in [7, 11) is 0. The fraction of sp³-hybridized carbons (Fsp3) is 0.118. The minimum Gasteiger partial charge on any atom is -0.337 e. The number of hydrogen-bond donors (Lipinski definition) is 1. The first-order valence-corrected chi connectivity index (χ1v) is 6.95. The van der Waals surface area contributed by atoms with Crippen molar-refractivity contribution in [1.82, 2.24) is 15.5 Å². The molecule has 1 unspecified atom stereocenters. The first kappa shape index (κ1) is 14.0. The zero-order valence-electron chi connectivity index (χ0n) is 12.1. The molecular formula is C17H15N3O2. The van der Waals surface area contributed by atoms with E-state index in [0.717, 1.165) is 5.56 Å². The average Bonchev–Trinajstić information content (AvgIpc) is 3.00. The van der Waals surface area contributed by atoms with E-state index in [1.807, 2.05) is 48.5 Å². The van der Waals surface area contributed by atoms with Crippen molar-refractivity contribution >= 4 is 5.91 Å². The normalized spacial score (nSPS) is 11.9. The number of nitrogens with one attached hydrogen (secondary N) is 1. The molecule has 0 aliphatic rings. The van der Waals surface area contributed by atoms with Crippen LogP contribution in [0.15, 0.2) is 65.2 Å². The molecule has 0 aliphatic heterocycles. The Hall–Kier alpha value is -2.95. The van der Waals surface area contributed by atoms with Crippen molar-refractivity contribution in [3.63, 3.8) is 0 Å². The second kappa shape index (κ2) is 6.22. The molecular weight excluding hydrogens is 278 g/mol. The van der Waals surface area contributed by atoms with Crippen molar-refractivity contribution in [1.29, 1.82) is 0 Å². The molecule has 5 nitrogen and oxygen atoms in total. The molecule has 22 heavy (non-hydrogen) atoms. The monoisotopic (exact) mass is 293 g/mol. The lowest BCUT2D eigenvalue weighted by Crippen LogP contribution is -2.29. The van der Waals surface area contributed by atoms with E-state index in [2.05, 4.69) is 15.5 Å². The van der Waals surface area contributed by atoms with Gasteiger partial charge in [0, 0.05) is 5.56 Å². The molecule has 5 heteroatoms. The molecule has 3 rings (SSSR count). The summed E-state index contributed by atoms with van der Waals surface area (Å²) in [5, 5.41) is 6.75. The maximum absolute atomic E-state index is 12.4. The van der Waals surface area contributed by atoms with Crippen LogP contribution in [0.5, 0.6) is 0 Å². The third-order valence-corrected chi connectivity index (χ3v) is 3.23. The fourth-order valence-corrected chi connectivity index (χ4v) is 2.17. The highest BCUT2D eigenvalue weighted by Crippen LogP contribution is 2.21. The second-order valence-electron chi connectivity index (χ2n) is 4.86. The Morgan fingerprint density at radius 2 is 1.68 bits per heavy atom. The number of carbonyl (C=O) groups is 1. The van der Waals surface area contributed by atoms with Crippen molar-refractivity contribution in [3.8, 4) is 0 Å². The molecule has 0 bridgehead atoms. The van der Waals surface area contributed by atoms with Gasteiger partial charge in [-0.2, -0.15) is 4.98 Å². The first-order chi connectivity index (χ1) is 10.7. The van der Waals surface area contributed by atoms with Crippen molar-refractivity contribution in [2.24, 2.45) is 0 Å². The molecule has 1 heterocycles. The minimum atomic E-state index is -0.477. The Bertz CT molecular complexity index is 754. The zero-order valence-corrected chi connectivity index (χ0v) is 12.1. The SMILES string of the molecule is Cc1noc(C(NC(=O)c2ccccc2)c2ccccc2)n1. The largest absolute Gasteiger partial charge is 0.337 e. The second-order valence-corrected chi connectivity index (χ2v) is 4.86. The maximum Gasteiger partial charge on any atom is 0.253 e. The number of aryl methyl sites for hydroxylation is 1. The number of carbonyl (C=O) groups excluding carboxylic acids is 1. The topological polar surface area (TPSA) is 68.0 Å². The quantitative estimate of drug-likeness (QED) is 0.803. The summed E-state index contributed by atoms with van der Waals surface area (Å²) in [5.74, 6) is 0.711. The third kappa shape index (κ3) is 3.03. The molecule has 2 aromatic carbocycles. The molecule has 1 N–H and O–H groups in total. The summed E-state index contributed by atoms with van der Waals surface area (Å²) >= 11 is 0. The average molecular weight is 293 g/mol. The first-order valence-electron chi connectivity index (χ1n) is 6.95. The number of benzene rings is 2. The van der Waals surface area contributed by atoms with Gasteiger partial charge in [-0.1, -0.05) is 53.7 Å². The van der Waals surface area contributed by atoms with E-state index >= 15 is 0 Å². The predicted octanol–water partition coefficient (Wildman–Crippen LogP) is 2.90. The van der Waals surface area contributed by atoms with Crippen LogP contribution in [-0.4, -0.2) is 16.0 Å². The van der Waals surface area contributed by atoms with Gasteiger partial charge < -0.3 is 9.84 Å². The van der Waals surface area contributed by atoms with Crippen LogP contribution >= 0.6 is 0 Å². The van der Waals surface area contributed by atoms with Crippen molar-refractivity contribution in [2.45, 2.75) is 13.0 Å². The van der Waals surface area contributed by atoms with Gasteiger partial charge in [0.1, 0.15) is 6.04 Å². The summed E-state index contributed by atoms with van der Waals surface area (Å²) in [6.07, 6.45) is 0. The highest BCUT2D eigenvalue weighted by atomic mass is 16.5. The lowest BCUT2D eigenvalue weighted by molar-refractivity contribution is 0.0936. The van der Waals surface area contributed by atoms with E-state index in [4.69, 9.17) is 4.52 Å². The van der Waals surface area contributed by atoms with Crippen LogP contribution in [0.4, 0.5) is 0 Å². The Balaban J connectivity index is 1.91. The summed E-state index contributed by atoms with van der Waals surface area (Å²) in [6.45, 7) is 1.74. The van der Waals surface area contributed by atoms with Crippen LogP contribution in [0.1, 0.15) is 33.7 Å². The lowest BCUT2D eigenvalue weighted by Gasteiger charge is -2.15. The van der Waals surface area contributed by atoms with Gasteiger partial charge in [-0.15, -0.1) is 0 Å². The highest BCUT2D eigenvalue weighted by molar-refractivity contribution is 5.94. The Morgan fingerprint density at radius 3 is 2.27 bits per heavy atom. The number of nitrogens with zero attached hydrogens (tertiary/aromatic N) is 2. The van der Waals surface area contributed by atoms with Gasteiger partial charge in [0.25, 0.3) is 11.8 Å². The van der Waals surface area contributed by atoms with Crippen molar-refractivity contribution in [2.75, 3.05) is 0 Å². The molecule has 0 fully saturated rings. The van der Waals surface area contributed by atoms with Crippen LogP contribution in [0, 0.1) is 6.92 Å². The van der Waals surface area contributed by atoms with Crippen LogP contribution in [-0.2, 0) is 0 Å². The number of hydrogen-bond acceptors (Lipinski definition) is 4. The molecule has 0 saturated carbocycles. The smallest absolute Gasteiger partial charge is 0.253 e. The van der Waals surface area contributed by atoms with Gasteiger partial charge in [-0.25, -0.2) is 0 Å². The molecule has 0 spiro atoms. The van der Waals surface area contributed by atoms with Crippen molar-refractivity contribution < 1.29 is 9.32 Å². The van der Waals surface area contributed by atoms with Gasteiger partial charge >= 0.3 is 0 Å².